The number of benzene rings is 1. The molecule has 0 heterocycles. The summed E-state index contributed by atoms with van der Waals surface area (Å²) in [6.07, 6.45) is 1.80. The molecule has 7 heteroatoms. The number of carbonyl (C=O) groups excluding carboxylic acids is 1. The fraction of sp³-hybridized carbons (Fsp3) is 0.417. The number of esters is 1. The van der Waals surface area contributed by atoms with Crippen molar-refractivity contribution in [2.75, 3.05) is 6.61 Å². The minimum Gasteiger partial charge on any atom is -0.462 e. The van der Waals surface area contributed by atoms with Gasteiger partial charge in [-0.25, -0.2) is 4.79 Å². The molecule has 0 atom stereocenters. The number of hydrogen-bond acceptors (Lipinski definition) is 4. The number of carbonyl (C=O) groups is 1. The maximum atomic E-state index is 11.4. The van der Waals surface area contributed by atoms with Gasteiger partial charge in [0, 0.05) is 21.4 Å². The minimum atomic E-state index is -3.72. The molecule has 0 spiro atoms. The summed E-state index contributed by atoms with van der Waals surface area (Å²) in [5, 5.41) is 0. The largest absolute Gasteiger partial charge is 0.462 e. The lowest BCUT2D eigenvalue weighted by Crippen LogP contribution is -2.06. The van der Waals surface area contributed by atoms with Crippen molar-refractivity contribution in [3.8, 4) is 0 Å². The first-order valence-corrected chi connectivity index (χ1v) is 8.81. The van der Waals surface area contributed by atoms with Gasteiger partial charge in [0.1, 0.15) is 0 Å². The Kier molecular flexibility index (Phi) is 8.80. The average molecular weight is 327 g/mol. The van der Waals surface area contributed by atoms with Crippen LogP contribution in [-0.4, -0.2) is 21.0 Å². The quantitative estimate of drug-likeness (QED) is 0.627. The van der Waals surface area contributed by atoms with Crippen molar-refractivity contribution in [2.45, 2.75) is 26.7 Å². The minimum absolute atomic E-state index is 0.220. The highest BCUT2D eigenvalue weighted by Crippen LogP contribution is 2.07. The molecule has 0 radical (unpaired) electrons. The average Bonchev–Trinajstić information content (AvgIpc) is 2.34. The molecule has 4 nitrogen and oxygen atoms in total. The first-order valence-electron chi connectivity index (χ1n) is 5.68. The fourth-order valence-electron chi connectivity index (χ4n) is 1.20. The van der Waals surface area contributed by atoms with Gasteiger partial charge in [-0.15, -0.1) is 0 Å². The van der Waals surface area contributed by atoms with E-state index in [9.17, 15) is 4.79 Å². The van der Waals surface area contributed by atoms with Gasteiger partial charge in [0.25, 0.3) is 0 Å². The molecule has 0 aliphatic heterocycles. The summed E-state index contributed by atoms with van der Waals surface area (Å²) in [5.41, 5.74) is 1.81. The molecule has 1 aromatic rings. The zero-order valence-corrected chi connectivity index (χ0v) is 13.1. The van der Waals surface area contributed by atoms with Crippen LogP contribution in [0.25, 0.3) is 0 Å². The van der Waals surface area contributed by atoms with Crippen LogP contribution >= 0.6 is 21.4 Å². The van der Waals surface area contributed by atoms with Crippen LogP contribution in [0, 0.1) is 0 Å². The SMILES string of the molecule is CCCOC(=O)c1cccc(CC)c1.O=S(=O)(Cl)Cl. The third-order valence-corrected chi connectivity index (χ3v) is 2.01. The van der Waals surface area contributed by atoms with Crippen molar-refractivity contribution in [2.24, 2.45) is 0 Å². The van der Waals surface area contributed by atoms with Gasteiger partial charge in [-0.1, -0.05) is 26.0 Å². The van der Waals surface area contributed by atoms with Crippen molar-refractivity contribution in [3.63, 3.8) is 0 Å². The first kappa shape index (κ1) is 18.2. The van der Waals surface area contributed by atoms with E-state index in [1.807, 2.05) is 25.1 Å². The number of hydrogen-bond donors (Lipinski definition) is 0. The van der Waals surface area contributed by atoms with Crippen LogP contribution in [0.2, 0.25) is 0 Å². The maximum absolute atomic E-state index is 11.4. The van der Waals surface area contributed by atoms with E-state index in [0.29, 0.717) is 12.2 Å². The molecule has 0 aliphatic carbocycles. The van der Waals surface area contributed by atoms with Gasteiger partial charge < -0.3 is 4.74 Å². The molecular formula is C12H16Cl2O4S. The molecule has 0 aromatic heterocycles. The Morgan fingerprint density at radius 1 is 1.26 bits per heavy atom. The summed E-state index contributed by atoms with van der Waals surface area (Å²) in [7, 11) is 4.81. The molecule has 0 saturated heterocycles. The highest BCUT2D eigenvalue weighted by atomic mass is 36.0. The summed E-state index contributed by atoms with van der Waals surface area (Å²) in [5.74, 6) is -0.220. The van der Waals surface area contributed by atoms with E-state index in [4.69, 9.17) is 13.2 Å². The predicted molar refractivity (Wildman–Crippen MR) is 77.0 cm³/mol. The smallest absolute Gasteiger partial charge is 0.338 e. The van der Waals surface area contributed by atoms with Crippen LogP contribution in [0.4, 0.5) is 0 Å². The Labute approximate surface area is 122 Å². The molecule has 1 rings (SSSR count). The zero-order chi connectivity index (χ0) is 14.9. The number of ether oxygens (including phenoxy) is 1. The topological polar surface area (TPSA) is 60.4 Å². The van der Waals surface area contributed by atoms with E-state index in [1.165, 1.54) is 0 Å². The lowest BCUT2D eigenvalue weighted by molar-refractivity contribution is 0.0505. The van der Waals surface area contributed by atoms with Gasteiger partial charge in [-0.05, 0) is 30.5 Å². The van der Waals surface area contributed by atoms with Gasteiger partial charge in [0.2, 0.25) is 0 Å². The Bertz CT molecular complexity index is 492. The Hall–Kier alpha value is -0.780. The first-order chi connectivity index (χ1) is 8.77. The van der Waals surface area contributed by atoms with E-state index in [1.54, 1.807) is 6.07 Å². The van der Waals surface area contributed by atoms with Crippen molar-refractivity contribution in [1.82, 2.24) is 0 Å². The van der Waals surface area contributed by atoms with Crippen LogP contribution in [0.15, 0.2) is 24.3 Å². The molecule has 1 aromatic carbocycles. The highest BCUT2D eigenvalue weighted by Gasteiger charge is 2.05. The molecule has 0 fully saturated rings. The standard InChI is InChI=1S/C12H16O2.Cl2O2S/c1-3-8-14-12(13)11-7-5-6-10(4-2)9-11;1-5(2,3)4/h5-7,9H,3-4,8H2,1-2H3;. The zero-order valence-electron chi connectivity index (χ0n) is 10.7. The molecule has 108 valence electrons. The highest BCUT2D eigenvalue weighted by molar-refractivity contribution is 8.31. The summed E-state index contributed by atoms with van der Waals surface area (Å²) in [6.45, 7) is 4.54. The van der Waals surface area contributed by atoms with Crippen molar-refractivity contribution in [3.05, 3.63) is 35.4 Å². The van der Waals surface area contributed by atoms with E-state index in [0.717, 1.165) is 18.4 Å². The van der Waals surface area contributed by atoms with E-state index < -0.39 is 8.26 Å². The van der Waals surface area contributed by atoms with Crippen molar-refractivity contribution < 1.29 is 17.9 Å². The molecular weight excluding hydrogens is 311 g/mol. The molecule has 19 heavy (non-hydrogen) atoms. The summed E-state index contributed by atoms with van der Waals surface area (Å²) < 4.78 is 23.4. The van der Waals surface area contributed by atoms with Crippen LogP contribution in [-0.2, 0) is 19.4 Å². The van der Waals surface area contributed by atoms with Gasteiger partial charge in [-0.3, -0.25) is 0 Å². The molecule has 0 unspecified atom stereocenters. The monoisotopic (exact) mass is 326 g/mol. The molecule has 0 N–H and O–H groups in total. The fourth-order valence-corrected chi connectivity index (χ4v) is 1.20. The Morgan fingerprint density at radius 3 is 2.32 bits per heavy atom. The lowest BCUT2D eigenvalue weighted by Gasteiger charge is -2.04. The molecule has 0 bridgehead atoms. The van der Waals surface area contributed by atoms with Crippen LogP contribution in [0.1, 0.15) is 36.2 Å². The second-order valence-electron chi connectivity index (χ2n) is 3.57. The van der Waals surface area contributed by atoms with Crippen LogP contribution in [0.5, 0.6) is 0 Å². The van der Waals surface area contributed by atoms with Crippen molar-refractivity contribution in [1.29, 1.82) is 0 Å². The van der Waals surface area contributed by atoms with Gasteiger partial charge in [-0.2, -0.15) is 8.42 Å². The van der Waals surface area contributed by atoms with Gasteiger partial charge >= 0.3 is 14.2 Å². The van der Waals surface area contributed by atoms with Gasteiger partial charge in [0.15, 0.2) is 0 Å². The number of halogens is 2. The van der Waals surface area contributed by atoms with E-state index >= 15 is 0 Å². The second kappa shape index (κ2) is 9.18. The number of rotatable bonds is 4. The summed E-state index contributed by atoms with van der Waals surface area (Å²) in [4.78, 5) is 11.4. The molecule has 0 amide bonds. The maximum Gasteiger partial charge on any atom is 0.338 e. The van der Waals surface area contributed by atoms with Gasteiger partial charge in [0.05, 0.1) is 12.2 Å². The van der Waals surface area contributed by atoms with Crippen molar-refractivity contribution >= 4 is 35.6 Å². The predicted octanol–water partition coefficient (Wildman–Crippen LogP) is 3.52. The summed E-state index contributed by atoms with van der Waals surface area (Å²) in [6, 6.07) is 7.58. The van der Waals surface area contributed by atoms with Crippen LogP contribution in [0.3, 0.4) is 0 Å². The number of aryl methyl sites for hydroxylation is 1. The van der Waals surface area contributed by atoms with Crippen LogP contribution < -0.4 is 0 Å². The third kappa shape index (κ3) is 10.8. The third-order valence-electron chi connectivity index (χ3n) is 2.01. The Balaban J connectivity index is 0.000000555. The summed E-state index contributed by atoms with van der Waals surface area (Å²) >= 11 is 0. The molecule has 0 saturated carbocycles. The van der Waals surface area contributed by atoms with E-state index in [-0.39, 0.29) is 5.97 Å². The Morgan fingerprint density at radius 2 is 1.84 bits per heavy atom. The molecule has 0 aliphatic rings. The second-order valence-corrected chi connectivity index (χ2v) is 7.24. The lowest BCUT2D eigenvalue weighted by atomic mass is 10.1. The van der Waals surface area contributed by atoms with E-state index in [2.05, 4.69) is 28.3 Å². The normalized spacial score (nSPS) is 10.3.